The maximum Gasteiger partial charge on any atom is 0.120 e. The highest BCUT2D eigenvalue weighted by atomic mass is 16.5. The number of hydrogen-bond acceptors (Lipinski definition) is 4. The zero-order chi connectivity index (χ0) is 19.0. The zero-order valence-electron chi connectivity index (χ0n) is 16.5. The first kappa shape index (κ1) is 18.1. The van der Waals surface area contributed by atoms with E-state index in [0.717, 1.165) is 43.9 Å². The topological polar surface area (TPSA) is 45.6 Å². The standard InChI is InChI=1S/C24H30N2O2/c27-24(23-10-3-4-13-25-23)12-11-19-16-26(17-22(19)24)15-18-6-5-9-21(14-18)28-20-7-1-2-8-20/h3-6,9-10,13-14,19-20,22,27H,1-2,7-8,11-12,15-17H2/t19-,22+,24-/m0/s1. The van der Waals surface area contributed by atoms with Crippen molar-refractivity contribution < 1.29 is 9.84 Å². The largest absolute Gasteiger partial charge is 0.490 e. The zero-order valence-corrected chi connectivity index (χ0v) is 16.5. The number of likely N-dealkylation sites (tertiary alicyclic amines) is 1. The van der Waals surface area contributed by atoms with Crippen molar-refractivity contribution in [3.63, 3.8) is 0 Å². The van der Waals surface area contributed by atoms with Crippen molar-refractivity contribution >= 4 is 0 Å². The molecule has 5 rings (SSSR count). The number of hydrogen-bond donors (Lipinski definition) is 1. The van der Waals surface area contributed by atoms with Gasteiger partial charge in [0.25, 0.3) is 0 Å². The van der Waals surface area contributed by atoms with Gasteiger partial charge < -0.3 is 9.84 Å². The lowest BCUT2D eigenvalue weighted by molar-refractivity contribution is -0.0108. The van der Waals surface area contributed by atoms with Crippen LogP contribution in [0.2, 0.25) is 0 Å². The summed E-state index contributed by atoms with van der Waals surface area (Å²) in [6.45, 7) is 2.92. The molecular weight excluding hydrogens is 348 g/mol. The Morgan fingerprint density at radius 2 is 1.96 bits per heavy atom. The van der Waals surface area contributed by atoms with Crippen molar-refractivity contribution in [2.24, 2.45) is 11.8 Å². The van der Waals surface area contributed by atoms with Crippen molar-refractivity contribution in [3.8, 4) is 5.75 Å². The maximum absolute atomic E-state index is 11.4. The summed E-state index contributed by atoms with van der Waals surface area (Å²) in [5.41, 5.74) is 1.38. The first-order chi connectivity index (χ1) is 13.7. The Morgan fingerprint density at radius 3 is 2.79 bits per heavy atom. The van der Waals surface area contributed by atoms with Crippen LogP contribution in [0.15, 0.2) is 48.7 Å². The molecule has 2 aromatic rings. The fourth-order valence-electron chi connectivity index (χ4n) is 5.62. The van der Waals surface area contributed by atoms with Gasteiger partial charge in [0.15, 0.2) is 0 Å². The molecule has 2 heterocycles. The van der Waals surface area contributed by atoms with Gasteiger partial charge in [0, 0.05) is 31.7 Å². The highest BCUT2D eigenvalue weighted by Crippen LogP contribution is 2.50. The van der Waals surface area contributed by atoms with Crippen LogP contribution in [-0.2, 0) is 12.1 Å². The smallest absolute Gasteiger partial charge is 0.120 e. The average Bonchev–Trinajstić information content (AvgIpc) is 3.43. The summed E-state index contributed by atoms with van der Waals surface area (Å²) in [5, 5.41) is 11.4. The fourth-order valence-corrected chi connectivity index (χ4v) is 5.62. The SMILES string of the molecule is O[C@@]1(c2ccccn2)CC[C@H]2CN(Cc3cccc(OC4CCCC4)c3)C[C@H]21. The van der Waals surface area contributed by atoms with E-state index in [2.05, 4.69) is 34.1 Å². The summed E-state index contributed by atoms with van der Waals surface area (Å²) in [4.78, 5) is 6.97. The molecule has 1 aliphatic heterocycles. The molecule has 0 spiro atoms. The van der Waals surface area contributed by atoms with Crippen LogP contribution < -0.4 is 4.74 Å². The van der Waals surface area contributed by atoms with Crippen LogP contribution in [0.3, 0.4) is 0 Å². The van der Waals surface area contributed by atoms with Crippen LogP contribution in [0.5, 0.6) is 5.75 Å². The van der Waals surface area contributed by atoms with Gasteiger partial charge in [-0.25, -0.2) is 0 Å². The number of benzene rings is 1. The molecule has 3 aliphatic rings. The Hall–Kier alpha value is -1.91. The van der Waals surface area contributed by atoms with E-state index in [0.29, 0.717) is 12.0 Å². The summed E-state index contributed by atoms with van der Waals surface area (Å²) in [6, 6.07) is 14.5. The lowest BCUT2D eigenvalue weighted by atomic mass is 9.85. The van der Waals surface area contributed by atoms with Crippen LogP contribution in [-0.4, -0.2) is 34.2 Å². The third-order valence-corrected chi connectivity index (χ3v) is 7.04. The Labute approximate surface area is 167 Å². The predicted molar refractivity (Wildman–Crippen MR) is 109 cm³/mol. The quantitative estimate of drug-likeness (QED) is 0.850. The molecule has 1 aromatic carbocycles. The molecule has 0 unspecified atom stereocenters. The second kappa shape index (κ2) is 7.49. The molecule has 148 valence electrons. The number of nitrogens with zero attached hydrogens (tertiary/aromatic N) is 2. The fraction of sp³-hybridized carbons (Fsp3) is 0.542. The normalized spacial score (nSPS) is 30.6. The summed E-state index contributed by atoms with van der Waals surface area (Å²) in [7, 11) is 0. The Bertz CT molecular complexity index is 805. The maximum atomic E-state index is 11.4. The van der Waals surface area contributed by atoms with Gasteiger partial charge in [-0.3, -0.25) is 9.88 Å². The van der Waals surface area contributed by atoms with Gasteiger partial charge in [-0.1, -0.05) is 18.2 Å². The minimum atomic E-state index is -0.770. The van der Waals surface area contributed by atoms with Gasteiger partial charge in [0.1, 0.15) is 11.4 Å². The molecule has 3 fully saturated rings. The van der Waals surface area contributed by atoms with Gasteiger partial charge >= 0.3 is 0 Å². The summed E-state index contributed by atoms with van der Waals surface area (Å²) in [6.07, 6.45) is 9.06. The van der Waals surface area contributed by atoms with Crippen LogP contribution in [0.1, 0.15) is 49.8 Å². The summed E-state index contributed by atoms with van der Waals surface area (Å²) >= 11 is 0. The van der Waals surface area contributed by atoms with Crippen LogP contribution in [0, 0.1) is 11.8 Å². The lowest BCUT2D eigenvalue weighted by Crippen LogP contribution is -2.35. The highest BCUT2D eigenvalue weighted by Gasteiger charge is 2.52. The van der Waals surface area contributed by atoms with E-state index in [1.165, 1.54) is 31.2 Å². The van der Waals surface area contributed by atoms with E-state index in [9.17, 15) is 5.11 Å². The third-order valence-electron chi connectivity index (χ3n) is 7.04. The first-order valence-corrected chi connectivity index (χ1v) is 10.8. The van der Waals surface area contributed by atoms with E-state index in [1.807, 2.05) is 18.2 Å². The Balaban J connectivity index is 1.26. The van der Waals surface area contributed by atoms with E-state index in [4.69, 9.17) is 4.74 Å². The monoisotopic (exact) mass is 378 g/mol. The molecule has 2 aliphatic carbocycles. The average molecular weight is 379 g/mol. The molecule has 0 radical (unpaired) electrons. The van der Waals surface area contributed by atoms with Crippen LogP contribution in [0.4, 0.5) is 0 Å². The van der Waals surface area contributed by atoms with Crippen LogP contribution >= 0.6 is 0 Å². The highest BCUT2D eigenvalue weighted by molar-refractivity contribution is 5.29. The molecule has 1 N–H and O–H groups in total. The molecule has 4 heteroatoms. The Morgan fingerprint density at radius 1 is 1.07 bits per heavy atom. The van der Waals surface area contributed by atoms with Gasteiger partial charge in [-0.2, -0.15) is 0 Å². The van der Waals surface area contributed by atoms with Crippen molar-refractivity contribution in [2.45, 2.75) is 56.8 Å². The molecule has 1 saturated heterocycles. The number of rotatable bonds is 5. The van der Waals surface area contributed by atoms with E-state index < -0.39 is 5.60 Å². The van der Waals surface area contributed by atoms with Gasteiger partial charge in [0.05, 0.1) is 11.8 Å². The van der Waals surface area contributed by atoms with Crippen molar-refractivity contribution in [1.29, 1.82) is 0 Å². The lowest BCUT2D eigenvalue weighted by Gasteiger charge is -2.29. The number of fused-ring (bicyclic) bond motifs is 1. The third kappa shape index (κ3) is 3.44. The predicted octanol–water partition coefficient (Wildman–Crippen LogP) is 4.13. The number of aliphatic hydroxyl groups is 1. The van der Waals surface area contributed by atoms with Gasteiger partial charge in [-0.15, -0.1) is 0 Å². The minimum Gasteiger partial charge on any atom is -0.490 e. The van der Waals surface area contributed by atoms with E-state index in [-0.39, 0.29) is 5.92 Å². The molecule has 3 atom stereocenters. The Kier molecular flexibility index (Phi) is 4.85. The number of pyridine rings is 1. The number of aromatic nitrogens is 1. The molecule has 2 saturated carbocycles. The molecular formula is C24H30N2O2. The van der Waals surface area contributed by atoms with Crippen molar-refractivity contribution in [2.75, 3.05) is 13.1 Å². The second-order valence-corrected chi connectivity index (χ2v) is 8.91. The van der Waals surface area contributed by atoms with Gasteiger partial charge in [0.2, 0.25) is 0 Å². The summed E-state index contributed by atoms with van der Waals surface area (Å²) in [5.74, 6) is 1.85. The van der Waals surface area contributed by atoms with Crippen LogP contribution in [0.25, 0.3) is 0 Å². The van der Waals surface area contributed by atoms with Crippen molar-refractivity contribution in [1.82, 2.24) is 9.88 Å². The van der Waals surface area contributed by atoms with Crippen molar-refractivity contribution in [3.05, 3.63) is 59.9 Å². The molecule has 0 amide bonds. The number of ether oxygens (including phenoxy) is 1. The summed E-state index contributed by atoms with van der Waals surface area (Å²) < 4.78 is 6.18. The van der Waals surface area contributed by atoms with E-state index >= 15 is 0 Å². The molecule has 1 aromatic heterocycles. The van der Waals surface area contributed by atoms with E-state index in [1.54, 1.807) is 6.20 Å². The first-order valence-electron chi connectivity index (χ1n) is 10.8. The minimum absolute atomic E-state index is 0.278. The molecule has 28 heavy (non-hydrogen) atoms. The molecule has 4 nitrogen and oxygen atoms in total. The second-order valence-electron chi connectivity index (χ2n) is 8.91. The molecule has 0 bridgehead atoms. The van der Waals surface area contributed by atoms with Gasteiger partial charge in [-0.05, 0) is 74.3 Å².